The number of fused-ring (bicyclic) bond motifs is 1. The number of sulfone groups is 1. The summed E-state index contributed by atoms with van der Waals surface area (Å²) >= 11 is 6.09. The molecule has 1 aliphatic rings. The van der Waals surface area contributed by atoms with Gasteiger partial charge < -0.3 is 16.4 Å². The molecule has 5 aromatic rings. The van der Waals surface area contributed by atoms with E-state index in [0.717, 1.165) is 48.5 Å². The van der Waals surface area contributed by atoms with Crippen LogP contribution in [0.2, 0.25) is 5.28 Å². The van der Waals surface area contributed by atoms with E-state index in [2.05, 4.69) is 50.5 Å². The van der Waals surface area contributed by atoms with Crippen molar-refractivity contribution in [3.63, 3.8) is 0 Å². The Morgan fingerprint density at radius 1 is 0.667 bits per heavy atom. The minimum atomic E-state index is -5.49. The van der Waals surface area contributed by atoms with Gasteiger partial charge in [-0.15, -0.1) is 5.11 Å². The predicted octanol–water partition coefficient (Wildman–Crippen LogP) is 3.24. The highest BCUT2D eigenvalue weighted by Crippen LogP contribution is 2.41. The van der Waals surface area contributed by atoms with Gasteiger partial charge in [-0.1, -0.05) is 6.07 Å². The Kier molecular flexibility index (Phi) is 14.4. The summed E-state index contributed by atoms with van der Waals surface area (Å²) in [4.78, 5) is 21.6. The topological polar surface area (TPSA) is 470 Å². The van der Waals surface area contributed by atoms with Crippen LogP contribution < -0.4 is 21.8 Å². The maximum absolute atomic E-state index is 14.0. The summed E-state index contributed by atoms with van der Waals surface area (Å²) in [6, 6.07) is 12.0. The van der Waals surface area contributed by atoms with E-state index in [9.17, 15) is 73.5 Å². The highest BCUT2D eigenvalue weighted by Gasteiger charge is 2.37. The van der Waals surface area contributed by atoms with Gasteiger partial charge in [0.25, 0.3) is 40.5 Å². The molecule has 0 amide bonds. The van der Waals surface area contributed by atoms with Crippen molar-refractivity contribution >= 4 is 136 Å². The average Bonchev–Trinajstić information content (AvgIpc) is 3.20. The van der Waals surface area contributed by atoms with Gasteiger partial charge in [-0.25, -0.2) is 12.6 Å². The molecule has 10 N–H and O–H groups in total. The molecular formula is C33H27ClN10O19S6. The first-order chi connectivity index (χ1) is 31.8. The molecule has 0 saturated heterocycles. The third-order valence-corrected chi connectivity index (χ3v) is 14.5. The van der Waals surface area contributed by atoms with Crippen LogP contribution in [0.4, 0.5) is 46.0 Å². The molecule has 1 aromatic heterocycles. The smallest absolute Gasteiger partial charge is 0.396 e. The summed E-state index contributed by atoms with van der Waals surface area (Å²) in [5.74, 6) is -3.03. The number of aromatic nitrogens is 3. The third-order valence-electron chi connectivity index (χ3n) is 8.69. The summed E-state index contributed by atoms with van der Waals surface area (Å²) in [5, 5.41) is 15.9. The number of nitrogen functional groups attached to an aromatic ring is 1. The predicted molar refractivity (Wildman–Crippen MR) is 240 cm³/mol. The fourth-order valence-electron chi connectivity index (χ4n) is 5.78. The number of nitrogens with two attached hydrogens (primary N) is 1. The number of carbonyl (C=O) groups is 1. The molecule has 0 aliphatic heterocycles. The summed E-state index contributed by atoms with van der Waals surface area (Å²) < 4.78 is 197. The molecule has 1 aliphatic carbocycles. The number of hydrogen-bond acceptors (Lipinski definition) is 24. The summed E-state index contributed by atoms with van der Waals surface area (Å²) in [6.07, 6.45) is 0.516. The Bertz CT molecular complexity index is 3760. The number of halogens is 1. The Labute approximate surface area is 394 Å². The number of hydrogen-bond donors (Lipinski definition) is 9. The monoisotopic (exact) mass is 1090 g/mol. The molecule has 0 radical (unpaired) electrons. The van der Waals surface area contributed by atoms with Crippen LogP contribution in [0.15, 0.2) is 113 Å². The van der Waals surface area contributed by atoms with Crippen molar-refractivity contribution in [2.24, 2.45) is 15.3 Å². The summed E-state index contributed by atoms with van der Waals surface area (Å²) in [6.45, 7) is -0.901. The van der Waals surface area contributed by atoms with E-state index < -0.39 is 138 Å². The van der Waals surface area contributed by atoms with E-state index in [1.165, 1.54) is 18.2 Å². The number of ketones is 1. The third kappa shape index (κ3) is 12.8. The number of nitrogens with zero attached hydrogens (tertiary/aromatic N) is 6. The van der Waals surface area contributed by atoms with Gasteiger partial charge in [-0.05, 0) is 90.0 Å². The van der Waals surface area contributed by atoms with Gasteiger partial charge in [0.15, 0.2) is 15.5 Å². The Balaban J connectivity index is 1.34. The minimum Gasteiger partial charge on any atom is -0.396 e. The first-order valence-corrected chi connectivity index (χ1v) is 27.0. The van der Waals surface area contributed by atoms with Crippen LogP contribution in [0.25, 0.3) is 6.08 Å². The van der Waals surface area contributed by atoms with Crippen molar-refractivity contribution in [3.8, 4) is 0 Å². The number of benzene rings is 4. The zero-order valence-electron chi connectivity index (χ0n) is 33.5. The largest absolute Gasteiger partial charge is 0.397 e. The fourth-order valence-corrected chi connectivity index (χ4v) is 9.90. The molecule has 29 nitrogen and oxygen atoms in total. The van der Waals surface area contributed by atoms with Crippen molar-refractivity contribution < 1.29 is 82.2 Å². The van der Waals surface area contributed by atoms with E-state index >= 15 is 0 Å². The van der Waals surface area contributed by atoms with Crippen molar-refractivity contribution in [1.29, 1.82) is 0 Å². The van der Waals surface area contributed by atoms with Crippen LogP contribution in [-0.2, 0) is 64.9 Å². The van der Waals surface area contributed by atoms with Crippen molar-refractivity contribution in [3.05, 3.63) is 94.1 Å². The van der Waals surface area contributed by atoms with Gasteiger partial charge in [-0.3, -0.25) is 33.0 Å². The molecular weight excluding hydrogens is 1070 g/mol. The Morgan fingerprint density at radius 3 is 1.84 bits per heavy atom. The number of hydrazone groups is 1. The lowest BCUT2D eigenvalue weighted by Crippen LogP contribution is -2.28. The average molecular weight is 1100 g/mol. The quantitative estimate of drug-likeness (QED) is 0.0279. The van der Waals surface area contributed by atoms with E-state index in [4.69, 9.17) is 21.9 Å². The lowest BCUT2D eigenvalue weighted by atomic mass is 9.92. The second kappa shape index (κ2) is 19.1. The Hall–Kier alpha value is -6.48. The van der Waals surface area contributed by atoms with Gasteiger partial charge in [-0.2, -0.15) is 67.3 Å². The van der Waals surface area contributed by atoms with Crippen LogP contribution in [0.3, 0.4) is 0 Å². The molecule has 6 rings (SSSR count). The lowest BCUT2D eigenvalue weighted by Gasteiger charge is -2.20. The SMILES string of the molecule is Nc1c(N=Nc2ccc(S(=O)(=O)O)cc2)c(S(=O)(=O)O)cc2c1C(=O)C(=NNc1cc(Nc3nc(Cl)nc(Nc4cccc(S(=O)(=O)CCOS(=O)(=O)O)c4)n3)ccc1S(=O)(=O)O)C(S(=O)(=O)O)=C2. The highest BCUT2D eigenvalue weighted by molar-refractivity contribution is 7.91. The summed E-state index contributed by atoms with van der Waals surface area (Å²) in [5.41, 5.74) is 2.91. The van der Waals surface area contributed by atoms with Gasteiger partial charge in [0.05, 0.1) is 44.8 Å². The van der Waals surface area contributed by atoms with E-state index in [1.54, 1.807) is 0 Å². The molecule has 1 heterocycles. The molecule has 0 bridgehead atoms. The Morgan fingerprint density at radius 2 is 1.28 bits per heavy atom. The molecule has 4 aromatic carbocycles. The van der Waals surface area contributed by atoms with Crippen LogP contribution in [0.1, 0.15) is 15.9 Å². The first kappa shape index (κ1) is 51.9. The fraction of sp³-hybridized carbons (Fsp3) is 0.0606. The zero-order valence-corrected chi connectivity index (χ0v) is 39.1. The number of nitrogens with one attached hydrogen (secondary N) is 3. The lowest BCUT2D eigenvalue weighted by molar-refractivity contribution is 0.106. The van der Waals surface area contributed by atoms with Crippen LogP contribution in [0, 0.1) is 0 Å². The molecule has 69 heavy (non-hydrogen) atoms. The number of carbonyl (C=O) groups excluding carboxylic acids is 1. The maximum Gasteiger partial charge on any atom is 0.397 e. The molecule has 0 saturated carbocycles. The molecule has 0 unspecified atom stereocenters. The molecule has 0 atom stereocenters. The second-order valence-corrected chi connectivity index (χ2v) is 22.5. The molecule has 366 valence electrons. The van der Waals surface area contributed by atoms with Crippen molar-refractivity contribution in [2.75, 3.05) is 34.2 Å². The van der Waals surface area contributed by atoms with E-state index in [1.807, 2.05) is 0 Å². The number of anilines is 6. The van der Waals surface area contributed by atoms with Crippen LogP contribution >= 0.6 is 11.6 Å². The normalized spacial score (nSPS) is 14.4. The zero-order chi connectivity index (χ0) is 51.1. The van der Waals surface area contributed by atoms with Crippen LogP contribution in [-0.4, -0.2) is 112 Å². The standard InChI is InChI=1S/C33H27ClN10O19S6/c34-31-38-32(36-18-2-1-3-21(14-18)64(46,47)11-10-63-69(60,61)62)40-33(39-31)37-19-6-9-23(66(51,52)53)22(15-19)42-44-29-25(68(57,58)59)13-16-12-24(67(54,55)56)28(27(35)26(16)30(29)45)43-41-17-4-7-20(8-5-17)65(48,49)50/h1-9,12-15,42H,10-11,35H2,(H,48,49,50)(H,51,52,53)(H,54,55,56)(H,57,58,59)(H,60,61,62)(H2,36,37,38,39,40). The molecule has 0 spiro atoms. The first-order valence-electron chi connectivity index (χ1n) is 17.8. The minimum absolute atomic E-state index is 0.0499. The van der Waals surface area contributed by atoms with Gasteiger partial charge in [0, 0.05) is 11.4 Å². The molecule has 0 fully saturated rings. The van der Waals surface area contributed by atoms with E-state index in [-0.39, 0.29) is 33.9 Å². The second-order valence-electron chi connectivity index (χ2n) is 13.4. The number of azo groups is 1. The number of Topliss-reactive ketones (excluding diaryl/α,β-unsaturated/α-hetero) is 1. The van der Waals surface area contributed by atoms with Gasteiger partial charge >= 0.3 is 10.4 Å². The van der Waals surface area contributed by atoms with Crippen LogP contribution in [0.5, 0.6) is 0 Å². The molecule has 36 heteroatoms. The summed E-state index contributed by atoms with van der Waals surface area (Å²) in [7, 11) is -29.7. The highest BCUT2D eigenvalue weighted by atomic mass is 35.5. The van der Waals surface area contributed by atoms with Crippen molar-refractivity contribution in [2.45, 2.75) is 19.6 Å². The van der Waals surface area contributed by atoms with Gasteiger partial charge in [0.1, 0.15) is 20.4 Å². The van der Waals surface area contributed by atoms with Gasteiger partial charge in [0.2, 0.25) is 23.0 Å². The maximum atomic E-state index is 14.0. The van der Waals surface area contributed by atoms with Crippen molar-refractivity contribution in [1.82, 2.24) is 15.0 Å². The van der Waals surface area contributed by atoms with E-state index in [0.29, 0.717) is 12.1 Å². The number of allylic oxidation sites excluding steroid dienone is 1. The number of rotatable bonds is 17.